The van der Waals surface area contributed by atoms with Crippen molar-refractivity contribution in [2.24, 2.45) is 5.41 Å². The summed E-state index contributed by atoms with van der Waals surface area (Å²) in [6.45, 7) is 5.46. The zero-order chi connectivity index (χ0) is 20.8. The highest BCUT2D eigenvalue weighted by molar-refractivity contribution is 6.06. The predicted molar refractivity (Wildman–Crippen MR) is 112 cm³/mol. The van der Waals surface area contributed by atoms with Crippen molar-refractivity contribution >= 4 is 22.7 Å². The Morgan fingerprint density at radius 1 is 1.28 bits per heavy atom. The molecule has 2 aromatic rings. The summed E-state index contributed by atoms with van der Waals surface area (Å²) < 4.78 is 0. The second kappa shape index (κ2) is 7.41. The van der Waals surface area contributed by atoms with Crippen LogP contribution in [0.2, 0.25) is 0 Å². The average molecular weight is 396 g/mol. The molecule has 1 atom stereocenters. The summed E-state index contributed by atoms with van der Waals surface area (Å²) in [6, 6.07) is 7.99. The van der Waals surface area contributed by atoms with E-state index < -0.39 is 11.5 Å². The molecule has 29 heavy (non-hydrogen) atoms. The molecule has 0 saturated carbocycles. The molecular weight excluding hydrogens is 366 g/mol. The van der Waals surface area contributed by atoms with Gasteiger partial charge < -0.3 is 14.9 Å². The van der Waals surface area contributed by atoms with E-state index in [4.69, 9.17) is 0 Å². The molecule has 2 fully saturated rings. The van der Waals surface area contributed by atoms with Crippen LogP contribution in [-0.4, -0.2) is 64.5 Å². The Bertz CT molecular complexity index is 963. The molecule has 1 aromatic carbocycles. The quantitative estimate of drug-likeness (QED) is 0.848. The first-order chi connectivity index (χ1) is 13.8. The van der Waals surface area contributed by atoms with E-state index >= 15 is 0 Å². The standard InChI is InChI=1S/C23H29N3O3/c1-4-16-5-6-20-18(12-16)19(11-15(2)24-20)21(28)26-9-7-23(8-10-26)13-17(27)14-25(3)22(23)29/h5-6,11-12,17,27H,4,7-10,13-14H2,1-3H3. The SMILES string of the molecule is CCc1ccc2nc(C)cc(C(=O)N3CCC4(CC3)CC(O)CN(C)C4=O)c2c1. The van der Waals surface area contributed by atoms with Gasteiger partial charge in [0.05, 0.1) is 22.6 Å². The number of aromatic nitrogens is 1. The van der Waals surface area contributed by atoms with Crippen molar-refractivity contribution in [3.05, 3.63) is 41.1 Å². The van der Waals surface area contributed by atoms with E-state index in [1.165, 1.54) is 5.56 Å². The van der Waals surface area contributed by atoms with Crippen molar-refractivity contribution in [1.82, 2.24) is 14.8 Å². The molecule has 4 rings (SSSR count). The van der Waals surface area contributed by atoms with Crippen LogP contribution in [0.3, 0.4) is 0 Å². The van der Waals surface area contributed by atoms with Crippen LogP contribution < -0.4 is 0 Å². The molecule has 1 spiro atoms. The van der Waals surface area contributed by atoms with Crippen LogP contribution in [0.4, 0.5) is 0 Å². The van der Waals surface area contributed by atoms with E-state index in [0.29, 0.717) is 44.5 Å². The number of aliphatic hydroxyl groups is 1. The molecule has 0 bridgehead atoms. The molecule has 1 aromatic heterocycles. The van der Waals surface area contributed by atoms with Gasteiger partial charge in [-0.1, -0.05) is 13.0 Å². The highest BCUT2D eigenvalue weighted by atomic mass is 16.3. The van der Waals surface area contributed by atoms with E-state index in [0.717, 1.165) is 23.0 Å². The number of rotatable bonds is 2. The average Bonchev–Trinajstić information content (AvgIpc) is 2.71. The lowest BCUT2D eigenvalue weighted by atomic mass is 9.71. The number of hydrogen-bond donors (Lipinski definition) is 1. The fourth-order valence-corrected chi connectivity index (χ4v) is 4.94. The molecule has 2 amide bonds. The monoisotopic (exact) mass is 395 g/mol. The molecule has 2 saturated heterocycles. The first kappa shape index (κ1) is 19.8. The number of likely N-dealkylation sites (N-methyl/N-ethyl adjacent to an activating group) is 1. The summed E-state index contributed by atoms with van der Waals surface area (Å²) in [5, 5.41) is 11.1. The number of carbonyl (C=O) groups is 2. The highest BCUT2D eigenvalue weighted by Gasteiger charge is 2.48. The van der Waals surface area contributed by atoms with Crippen LogP contribution in [0.15, 0.2) is 24.3 Å². The lowest BCUT2D eigenvalue weighted by Crippen LogP contribution is -2.56. The van der Waals surface area contributed by atoms with Gasteiger partial charge in [0.1, 0.15) is 0 Å². The molecule has 1 N–H and O–H groups in total. The third-order valence-corrected chi connectivity index (χ3v) is 6.56. The van der Waals surface area contributed by atoms with Crippen LogP contribution >= 0.6 is 0 Å². The van der Waals surface area contributed by atoms with Crippen molar-refractivity contribution in [1.29, 1.82) is 0 Å². The maximum absolute atomic E-state index is 13.4. The van der Waals surface area contributed by atoms with Crippen molar-refractivity contribution in [3.63, 3.8) is 0 Å². The number of carbonyl (C=O) groups excluding carboxylic acids is 2. The first-order valence-corrected chi connectivity index (χ1v) is 10.5. The van der Waals surface area contributed by atoms with Crippen LogP contribution in [0, 0.1) is 12.3 Å². The Labute approximate surface area is 171 Å². The molecule has 2 aliphatic heterocycles. The smallest absolute Gasteiger partial charge is 0.254 e. The number of piperidine rings is 2. The summed E-state index contributed by atoms with van der Waals surface area (Å²) in [6.07, 6.45) is 2.11. The molecule has 0 aliphatic carbocycles. The Kier molecular flexibility index (Phi) is 5.07. The van der Waals surface area contributed by atoms with Crippen LogP contribution in [-0.2, 0) is 11.2 Å². The predicted octanol–water partition coefficient (Wildman–Crippen LogP) is 2.55. The number of benzene rings is 1. The second-order valence-electron chi connectivity index (χ2n) is 8.63. The number of β-amino-alcohol motifs (C(OH)–C–C–N with tert-alkyl or cyclic N) is 1. The van der Waals surface area contributed by atoms with E-state index in [9.17, 15) is 14.7 Å². The molecule has 3 heterocycles. The summed E-state index contributed by atoms with van der Waals surface area (Å²) in [5.41, 5.74) is 3.00. The lowest BCUT2D eigenvalue weighted by molar-refractivity contribution is -0.154. The van der Waals surface area contributed by atoms with E-state index in [1.54, 1.807) is 11.9 Å². The fourth-order valence-electron chi connectivity index (χ4n) is 4.94. The number of likely N-dealkylation sites (tertiary alicyclic amines) is 2. The van der Waals surface area contributed by atoms with Crippen molar-refractivity contribution < 1.29 is 14.7 Å². The first-order valence-electron chi connectivity index (χ1n) is 10.5. The lowest BCUT2D eigenvalue weighted by Gasteiger charge is -2.47. The third-order valence-electron chi connectivity index (χ3n) is 6.56. The van der Waals surface area contributed by atoms with Crippen molar-refractivity contribution in [2.75, 3.05) is 26.7 Å². The van der Waals surface area contributed by atoms with Gasteiger partial charge in [0.15, 0.2) is 0 Å². The molecule has 6 nitrogen and oxygen atoms in total. The van der Waals surface area contributed by atoms with Crippen LogP contribution in [0.1, 0.15) is 47.8 Å². The van der Waals surface area contributed by atoms with Crippen LogP contribution in [0.5, 0.6) is 0 Å². The minimum absolute atomic E-state index is 0.000708. The van der Waals surface area contributed by atoms with E-state index in [-0.39, 0.29) is 11.8 Å². The molecule has 2 aliphatic rings. The molecule has 154 valence electrons. The normalized spacial score (nSPS) is 21.8. The Hall–Kier alpha value is -2.47. The fraction of sp³-hybridized carbons (Fsp3) is 0.522. The molecule has 0 radical (unpaired) electrons. The Morgan fingerprint density at radius 3 is 2.69 bits per heavy atom. The minimum atomic E-state index is -0.533. The molecule has 6 heteroatoms. The van der Waals surface area contributed by atoms with Crippen molar-refractivity contribution in [2.45, 2.75) is 45.6 Å². The van der Waals surface area contributed by atoms with Gasteiger partial charge in [0.25, 0.3) is 5.91 Å². The van der Waals surface area contributed by atoms with Gasteiger partial charge in [-0.25, -0.2) is 0 Å². The summed E-state index contributed by atoms with van der Waals surface area (Å²) in [7, 11) is 1.75. The van der Waals surface area contributed by atoms with Gasteiger partial charge in [-0.05, 0) is 56.4 Å². The number of pyridine rings is 1. The molecule has 1 unspecified atom stereocenters. The van der Waals surface area contributed by atoms with E-state index in [1.807, 2.05) is 24.0 Å². The van der Waals surface area contributed by atoms with Crippen LogP contribution in [0.25, 0.3) is 10.9 Å². The summed E-state index contributed by atoms with van der Waals surface area (Å²) >= 11 is 0. The Balaban J connectivity index is 1.60. The summed E-state index contributed by atoms with van der Waals surface area (Å²) in [5.74, 6) is 0.105. The number of fused-ring (bicyclic) bond motifs is 1. The zero-order valence-electron chi connectivity index (χ0n) is 17.4. The summed E-state index contributed by atoms with van der Waals surface area (Å²) in [4.78, 5) is 34.3. The zero-order valence-corrected chi connectivity index (χ0v) is 17.4. The molecular formula is C23H29N3O3. The maximum atomic E-state index is 13.4. The Morgan fingerprint density at radius 2 is 2.00 bits per heavy atom. The van der Waals surface area contributed by atoms with Gasteiger partial charge in [-0.2, -0.15) is 0 Å². The van der Waals surface area contributed by atoms with Gasteiger partial charge in [-0.3, -0.25) is 14.6 Å². The van der Waals surface area contributed by atoms with Gasteiger partial charge in [-0.15, -0.1) is 0 Å². The number of amides is 2. The van der Waals surface area contributed by atoms with Gasteiger partial charge >= 0.3 is 0 Å². The minimum Gasteiger partial charge on any atom is -0.391 e. The number of aliphatic hydroxyl groups excluding tert-OH is 1. The van der Waals surface area contributed by atoms with Gasteiger partial charge in [0.2, 0.25) is 5.91 Å². The van der Waals surface area contributed by atoms with Gasteiger partial charge in [0, 0.05) is 37.8 Å². The third kappa shape index (κ3) is 3.50. The van der Waals surface area contributed by atoms with Crippen molar-refractivity contribution in [3.8, 4) is 0 Å². The van der Waals surface area contributed by atoms with E-state index in [2.05, 4.69) is 24.0 Å². The number of aryl methyl sites for hydroxylation is 2. The highest BCUT2D eigenvalue weighted by Crippen LogP contribution is 2.41. The largest absolute Gasteiger partial charge is 0.391 e. The second-order valence-corrected chi connectivity index (χ2v) is 8.63. The number of hydrogen-bond acceptors (Lipinski definition) is 4. The topological polar surface area (TPSA) is 73.7 Å². The number of nitrogens with zero attached hydrogens (tertiary/aromatic N) is 3. The maximum Gasteiger partial charge on any atom is 0.254 e.